The maximum absolute atomic E-state index is 9.13. The summed E-state index contributed by atoms with van der Waals surface area (Å²) in [4.78, 5) is 13.9. The molecule has 1 saturated heterocycles. The molecule has 0 radical (unpaired) electrons. The Hall–Kier alpha value is -2.58. The van der Waals surface area contributed by atoms with Crippen molar-refractivity contribution in [2.75, 3.05) is 54.4 Å². The zero-order valence-electron chi connectivity index (χ0n) is 15.1. The second-order valence-electron chi connectivity index (χ2n) is 6.48. The Kier molecular flexibility index (Phi) is 5.00. The van der Waals surface area contributed by atoms with Gasteiger partial charge in [-0.05, 0) is 18.2 Å². The first-order valence-corrected chi connectivity index (χ1v) is 9.33. The highest BCUT2D eigenvalue weighted by Gasteiger charge is 2.21. The van der Waals surface area contributed by atoms with Gasteiger partial charge in [0.1, 0.15) is 5.82 Å². The third kappa shape index (κ3) is 3.63. The maximum Gasteiger partial charge on any atom is 0.229 e. The number of aliphatic hydroxyl groups excluding tert-OH is 1. The molecule has 142 valence electrons. The molecule has 0 saturated carbocycles. The molecule has 4 rings (SSSR count). The minimum atomic E-state index is 0.0411. The second-order valence-corrected chi connectivity index (χ2v) is 6.92. The number of aryl methyl sites for hydroxylation is 1. The fourth-order valence-electron chi connectivity index (χ4n) is 3.30. The van der Waals surface area contributed by atoms with Crippen LogP contribution in [0.1, 0.15) is 0 Å². The predicted octanol–water partition coefficient (Wildman–Crippen LogP) is 1.75. The molecule has 0 unspecified atom stereocenters. The molecule has 0 bridgehead atoms. The van der Waals surface area contributed by atoms with Crippen LogP contribution < -0.4 is 15.1 Å². The molecule has 0 spiro atoms. The summed E-state index contributed by atoms with van der Waals surface area (Å²) in [6, 6.07) is 7.94. The highest BCUT2D eigenvalue weighted by Crippen LogP contribution is 2.25. The number of aliphatic hydroxyl groups is 1. The quantitative estimate of drug-likeness (QED) is 0.690. The van der Waals surface area contributed by atoms with Gasteiger partial charge < -0.3 is 20.2 Å². The van der Waals surface area contributed by atoms with Gasteiger partial charge in [-0.25, -0.2) is 0 Å². The normalized spacial score (nSPS) is 14.8. The van der Waals surface area contributed by atoms with Crippen molar-refractivity contribution in [1.82, 2.24) is 19.7 Å². The van der Waals surface area contributed by atoms with Gasteiger partial charge in [-0.2, -0.15) is 15.1 Å². The first kappa shape index (κ1) is 17.8. The Bertz CT molecular complexity index is 937. The molecule has 1 fully saturated rings. The average Bonchev–Trinajstić information content (AvgIpc) is 3.07. The average molecular weight is 388 g/mol. The molecule has 0 aliphatic carbocycles. The highest BCUT2D eigenvalue weighted by atomic mass is 35.5. The monoisotopic (exact) mass is 387 g/mol. The fraction of sp³-hybridized carbons (Fsp3) is 0.389. The predicted molar refractivity (Wildman–Crippen MR) is 108 cm³/mol. The molecule has 3 heterocycles. The lowest BCUT2D eigenvalue weighted by molar-refractivity contribution is 0.311. The van der Waals surface area contributed by atoms with Crippen LogP contribution in [0.4, 0.5) is 17.5 Å². The van der Waals surface area contributed by atoms with Gasteiger partial charge >= 0.3 is 0 Å². The number of piperazine rings is 1. The minimum absolute atomic E-state index is 0.0411. The van der Waals surface area contributed by atoms with Gasteiger partial charge in [0.25, 0.3) is 0 Å². The van der Waals surface area contributed by atoms with Gasteiger partial charge in [-0.15, -0.1) is 0 Å². The number of hydrogen-bond donors (Lipinski definition) is 2. The van der Waals surface area contributed by atoms with Crippen molar-refractivity contribution in [3.63, 3.8) is 0 Å². The SMILES string of the molecule is Cn1ncc2c(NCCO)nc(N3CCN(c4cccc(Cl)c4)CC3)nc21. The van der Waals surface area contributed by atoms with E-state index in [9.17, 15) is 0 Å². The lowest BCUT2D eigenvalue weighted by atomic mass is 10.2. The molecule has 8 nitrogen and oxygen atoms in total. The second kappa shape index (κ2) is 7.58. The number of rotatable bonds is 5. The van der Waals surface area contributed by atoms with E-state index in [1.807, 2.05) is 25.2 Å². The van der Waals surface area contributed by atoms with Crippen molar-refractivity contribution in [2.45, 2.75) is 0 Å². The molecule has 2 aromatic heterocycles. The number of hydrogen-bond acceptors (Lipinski definition) is 7. The molecule has 27 heavy (non-hydrogen) atoms. The lowest BCUT2D eigenvalue weighted by Crippen LogP contribution is -2.47. The molecule has 1 aliphatic rings. The summed E-state index contributed by atoms with van der Waals surface area (Å²) in [5.41, 5.74) is 1.91. The number of anilines is 3. The highest BCUT2D eigenvalue weighted by molar-refractivity contribution is 6.30. The molecule has 9 heteroatoms. The fourth-order valence-corrected chi connectivity index (χ4v) is 3.48. The van der Waals surface area contributed by atoms with E-state index in [4.69, 9.17) is 21.7 Å². The van der Waals surface area contributed by atoms with E-state index in [0.29, 0.717) is 18.3 Å². The van der Waals surface area contributed by atoms with Crippen LogP contribution in [0.5, 0.6) is 0 Å². The van der Waals surface area contributed by atoms with Crippen LogP contribution in [0, 0.1) is 0 Å². The molecular formula is C18H22ClN7O. The summed E-state index contributed by atoms with van der Waals surface area (Å²) in [7, 11) is 1.87. The third-order valence-corrected chi connectivity index (χ3v) is 4.96. The van der Waals surface area contributed by atoms with Crippen LogP contribution in [0.2, 0.25) is 5.02 Å². The molecule has 0 amide bonds. The summed E-state index contributed by atoms with van der Waals surface area (Å²) >= 11 is 6.12. The number of benzene rings is 1. The van der Waals surface area contributed by atoms with Crippen molar-refractivity contribution in [1.29, 1.82) is 0 Å². The Morgan fingerprint density at radius 1 is 1.15 bits per heavy atom. The van der Waals surface area contributed by atoms with E-state index in [1.54, 1.807) is 10.9 Å². The van der Waals surface area contributed by atoms with E-state index in [0.717, 1.165) is 47.9 Å². The Balaban J connectivity index is 1.55. The van der Waals surface area contributed by atoms with E-state index >= 15 is 0 Å². The van der Waals surface area contributed by atoms with E-state index in [1.165, 1.54) is 0 Å². The summed E-state index contributed by atoms with van der Waals surface area (Å²) in [6.07, 6.45) is 1.75. The number of aromatic nitrogens is 4. The number of halogens is 1. The number of nitrogens with one attached hydrogen (secondary N) is 1. The topological polar surface area (TPSA) is 82.3 Å². The molecular weight excluding hydrogens is 366 g/mol. The van der Waals surface area contributed by atoms with Crippen LogP contribution in [0.3, 0.4) is 0 Å². The largest absolute Gasteiger partial charge is 0.395 e. The standard InChI is InChI=1S/C18H22ClN7O/c1-24-17-15(12-21-24)16(20-5-10-27)22-18(23-17)26-8-6-25(7-9-26)14-4-2-3-13(19)11-14/h2-4,11-12,27H,5-10H2,1H3,(H,20,22,23). The first-order chi connectivity index (χ1) is 13.2. The minimum Gasteiger partial charge on any atom is -0.395 e. The van der Waals surface area contributed by atoms with Gasteiger partial charge in [0.05, 0.1) is 18.2 Å². The van der Waals surface area contributed by atoms with Gasteiger partial charge in [0.2, 0.25) is 5.95 Å². The summed E-state index contributed by atoms with van der Waals surface area (Å²) in [6.45, 7) is 3.84. The summed E-state index contributed by atoms with van der Waals surface area (Å²) < 4.78 is 1.74. The van der Waals surface area contributed by atoms with Crippen LogP contribution in [0.25, 0.3) is 11.0 Å². The van der Waals surface area contributed by atoms with Crippen LogP contribution in [0.15, 0.2) is 30.5 Å². The summed E-state index contributed by atoms with van der Waals surface area (Å²) in [5.74, 6) is 1.38. The zero-order chi connectivity index (χ0) is 18.8. The number of nitrogens with zero attached hydrogens (tertiary/aromatic N) is 6. The van der Waals surface area contributed by atoms with E-state index in [-0.39, 0.29) is 6.61 Å². The molecule has 3 aromatic rings. The third-order valence-electron chi connectivity index (χ3n) is 4.72. The Morgan fingerprint density at radius 3 is 2.67 bits per heavy atom. The molecule has 2 N–H and O–H groups in total. The van der Waals surface area contributed by atoms with Crippen LogP contribution in [-0.2, 0) is 7.05 Å². The van der Waals surface area contributed by atoms with Crippen molar-refractivity contribution < 1.29 is 5.11 Å². The lowest BCUT2D eigenvalue weighted by Gasteiger charge is -2.36. The van der Waals surface area contributed by atoms with Gasteiger partial charge in [0, 0.05) is 50.5 Å². The Morgan fingerprint density at radius 2 is 1.93 bits per heavy atom. The maximum atomic E-state index is 9.13. The van der Waals surface area contributed by atoms with Crippen LogP contribution in [-0.4, -0.2) is 64.2 Å². The van der Waals surface area contributed by atoms with E-state index < -0.39 is 0 Å². The molecule has 0 atom stereocenters. The molecule has 1 aliphatic heterocycles. The molecule has 1 aromatic carbocycles. The van der Waals surface area contributed by atoms with Gasteiger partial charge in [-0.3, -0.25) is 4.68 Å². The smallest absolute Gasteiger partial charge is 0.229 e. The van der Waals surface area contributed by atoms with Crippen molar-refractivity contribution in [3.05, 3.63) is 35.5 Å². The van der Waals surface area contributed by atoms with E-state index in [2.05, 4.69) is 31.3 Å². The van der Waals surface area contributed by atoms with Gasteiger partial charge in [0.15, 0.2) is 5.65 Å². The zero-order valence-corrected chi connectivity index (χ0v) is 15.9. The van der Waals surface area contributed by atoms with Crippen LogP contribution >= 0.6 is 11.6 Å². The Labute approximate surface area is 162 Å². The first-order valence-electron chi connectivity index (χ1n) is 8.95. The van der Waals surface area contributed by atoms with Crippen molar-refractivity contribution >= 4 is 40.1 Å². The van der Waals surface area contributed by atoms with Crippen molar-refractivity contribution in [3.8, 4) is 0 Å². The number of fused-ring (bicyclic) bond motifs is 1. The summed E-state index contributed by atoms with van der Waals surface area (Å²) in [5, 5.41) is 18.2. The van der Waals surface area contributed by atoms with Crippen molar-refractivity contribution in [2.24, 2.45) is 7.05 Å². The van der Waals surface area contributed by atoms with Gasteiger partial charge in [-0.1, -0.05) is 17.7 Å².